The predicted octanol–water partition coefficient (Wildman–Crippen LogP) is -0.0340. The Hall–Kier alpha value is -0.0200. The van der Waals surface area contributed by atoms with Gasteiger partial charge in [0.15, 0.2) is 0 Å². The first-order valence-electron chi connectivity index (χ1n) is 2.13. The third-order valence-corrected chi connectivity index (χ3v) is 1.42. The first kappa shape index (κ1) is 6.98. The van der Waals surface area contributed by atoms with Crippen LogP contribution in [0.1, 0.15) is 6.42 Å². The fourth-order valence-electron chi connectivity index (χ4n) is 0.205. The van der Waals surface area contributed by atoms with Gasteiger partial charge in [-0.2, -0.15) is 0 Å². The van der Waals surface area contributed by atoms with E-state index in [1.165, 1.54) is 0 Å². The van der Waals surface area contributed by atoms with E-state index in [0.717, 1.165) is 0 Å². The highest BCUT2D eigenvalue weighted by molar-refractivity contribution is 7.66. The first-order chi connectivity index (χ1) is 3.35. The van der Waals surface area contributed by atoms with E-state index >= 15 is 0 Å². The highest BCUT2D eigenvalue weighted by Crippen LogP contribution is 1.86. The second kappa shape index (κ2) is 4.15. The average Bonchev–Trinajstić information content (AvgIpc) is 1.72. The van der Waals surface area contributed by atoms with Crippen molar-refractivity contribution in [3.05, 3.63) is 6.92 Å². The van der Waals surface area contributed by atoms with E-state index in [-0.39, 0.29) is 5.25 Å². The predicted molar refractivity (Wildman–Crippen MR) is 30.9 cm³/mol. The minimum Gasteiger partial charge on any atom is -0.325 e. The van der Waals surface area contributed by atoms with E-state index in [1.54, 1.807) is 0 Å². The lowest BCUT2D eigenvalue weighted by atomic mass is 10.3. The molecule has 1 atom stereocenters. The van der Waals surface area contributed by atoms with Crippen LogP contribution in [0.15, 0.2) is 0 Å². The van der Waals surface area contributed by atoms with Gasteiger partial charge in [0.2, 0.25) is 5.25 Å². The molecule has 0 bridgehead atoms. The van der Waals surface area contributed by atoms with Gasteiger partial charge in [-0.3, -0.25) is 0 Å². The summed E-state index contributed by atoms with van der Waals surface area (Å²) in [4.78, 5) is 0. The maximum absolute atomic E-state index is 9.89. The summed E-state index contributed by atoms with van der Waals surface area (Å²) in [5.41, 5.74) is 5.13. The Morgan fingerprint density at radius 2 is 2.43 bits per heavy atom. The summed E-state index contributed by atoms with van der Waals surface area (Å²) in [7, 11) is 0. The highest BCUT2D eigenvalue weighted by Gasteiger charge is 2.14. The van der Waals surface area contributed by atoms with Gasteiger partial charge in [0.1, 0.15) is 0 Å². The Morgan fingerprint density at radius 3 is 2.43 bits per heavy atom. The number of hydrogen-bond acceptors (Lipinski definition) is 2. The van der Waals surface area contributed by atoms with Gasteiger partial charge in [-0.25, -0.2) is 0 Å². The van der Waals surface area contributed by atoms with Crippen molar-refractivity contribution in [2.24, 2.45) is 5.73 Å². The van der Waals surface area contributed by atoms with Gasteiger partial charge in [0.25, 0.3) is 0 Å². The van der Waals surface area contributed by atoms with Crippen LogP contribution in [0.2, 0.25) is 0 Å². The normalized spacial score (nSPS) is 13.4. The molecule has 0 heterocycles. The summed E-state index contributed by atoms with van der Waals surface area (Å²) in [5, 5.41) is 0.0139. The summed E-state index contributed by atoms with van der Waals surface area (Å²) in [5.74, 6) is 0. The zero-order valence-corrected chi connectivity index (χ0v) is 4.91. The molecule has 3 heteroatoms. The number of rotatable bonds is 3. The van der Waals surface area contributed by atoms with Crippen LogP contribution < -0.4 is 5.73 Å². The van der Waals surface area contributed by atoms with Crippen LogP contribution in [-0.4, -0.2) is 11.8 Å². The lowest BCUT2D eigenvalue weighted by Gasteiger charge is -1.83. The molecule has 0 aromatic rings. The molecule has 7 heavy (non-hydrogen) atoms. The van der Waals surface area contributed by atoms with Gasteiger partial charge in [0, 0.05) is 10.6 Å². The fraction of sp³-hybridized carbons (Fsp3) is 0.750. The van der Waals surface area contributed by atoms with Crippen LogP contribution in [0.25, 0.3) is 0 Å². The summed E-state index contributed by atoms with van der Waals surface area (Å²) in [6.45, 7) is 3.97. The minimum atomic E-state index is 0.0139. The lowest BCUT2D eigenvalue weighted by Crippen LogP contribution is -2.17. The number of nitrogens with two attached hydrogens (primary N) is 1. The highest BCUT2D eigenvalue weighted by atomic mass is 32.1. The van der Waals surface area contributed by atoms with E-state index in [2.05, 4.69) is 6.92 Å². The Balaban J connectivity index is 3.16. The monoisotopic (exact) mass is 119 g/mol. The van der Waals surface area contributed by atoms with Crippen LogP contribution in [0, 0.1) is 6.92 Å². The third-order valence-electron chi connectivity index (χ3n) is 0.721. The molecule has 2 N–H and O–H groups in total. The van der Waals surface area contributed by atoms with Crippen LogP contribution in [0.5, 0.6) is 0 Å². The molecule has 0 saturated heterocycles. The van der Waals surface area contributed by atoms with Crippen molar-refractivity contribution >= 4 is 11.7 Å². The van der Waals surface area contributed by atoms with E-state index < -0.39 is 0 Å². The molecular weight excluding hydrogens is 110 g/mol. The van der Waals surface area contributed by atoms with E-state index in [4.69, 9.17) is 5.73 Å². The number of hydrogen-bond donors (Lipinski definition) is 1. The van der Waals surface area contributed by atoms with Gasteiger partial charge in [-0.15, -0.1) is 0 Å². The van der Waals surface area contributed by atoms with Crippen LogP contribution >= 0.6 is 0 Å². The molecule has 0 aromatic heterocycles. The van der Waals surface area contributed by atoms with Crippen LogP contribution in [0.3, 0.4) is 0 Å². The van der Waals surface area contributed by atoms with Gasteiger partial charge in [-0.05, 0) is 6.92 Å². The quantitative estimate of drug-likeness (QED) is 0.530. The molecule has 2 nitrogen and oxygen atoms in total. The average molecular weight is 119 g/mol. The SMILES string of the molecule is [CH2]CC(CN)[S+]=O. The minimum absolute atomic E-state index is 0.0139. The van der Waals surface area contributed by atoms with Gasteiger partial charge >= 0.3 is 11.7 Å². The molecule has 0 fully saturated rings. The van der Waals surface area contributed by atoms with Crippen molar-refractivity contribution in [1.29, 1.82) is 0 Å². The topological polar surface area (TPSA) is 43.1 Å². The molecule has 0 aliphatic heterocycles. The van der Waals surface area contributed by atoms with Crippen molar-refractivity contribution in [1.82, 2.24) is 0 Å². The zero-order chi connectivity index (χ0) is 5.70. The molecule has 0 saturated carbocycles. The molecule has 41 valence electrons. The fourth-order valence-corrected chi connectivity index (χ4v) is 0.380. The maximum Gasteiger partial charge on any atom is 0.463 e. The largest absolute Gasteiger partial charge is 0.463 e. The lowest BCUT2D eigenvalue weighted by molar-refractivity contribution is 0.597. The van der Waals surface area contributed by atoms with E-state index in [0.29, 0.717) is 24.6 Å². The molecule has 0 aliphatic rings. The van der Waals surface area contributed by atoms with Crippen molar-refractivity contribution in [2.45, 2.75) is 11.7 Å². The van der Waals surface area contributed by atoms with E-state index in [1.807, 2.05) is 0 Å². The Bertz CT molecular complexity index is 53.7. The Labute approximate surface area is 47.6 Å². The van der Waals surface area contributed by atoms with Crippen molar-refractivity contribution in [3.8, 4) is 0 Å². The van der Waals surface area contributed by atoms with Gasteiger partial charge in [0.05, 0.1) is 6.54 Å². The molecule has 0 aromatic carbocycles. The molecule has 0 spiro atoms. The zero-order valence-electron chi connectivity index (χ0n) is 4.09. The van der Waals surface area contributed by atoms with Crippen LogP contribution in [0.4, 0.5) is 0 Å². The summed E-state index contributed by atoms with van der Waals surface area (Å²) >= 11 is 0.532. The molecule has 0 aliphatic carbocycles. The summed E-state index contributed by atoms with van der Waals surface area (Å²) in [6.07, 6.45) is 0.630. The molecule has 1 unspecified atom stereocenters. The van der Waals surface area contributed by atoms with Crippen LogP contribution in [-0.2, 0) is 15.9 Å². The second-order valence-electron chi connectivity index (χ2n) is 1.24. The summed E-state index contributed by atoms with van der Waals surface area (Å²) in [6, 6.07) is 0. The van der Waals surface area contributed by atoms with Gasteiger partial charge < -0.3 is 5.73 Å². The smallest absolute Gasteiger partial charge is 0.325 e. The van der Waals surface area contributed by atoms with Gasteiger partial charge in [-0.1, -0.05) is 0 Å². The third kappa shape index (κ3) is 2.65. The molecular formula is C4H9NOS+. The molecule has 1 radical (unpaired) electrons. The Morgan fingerprint density at radius 1 is 1.86 bits per heavy atom. The maximum atomic E-state index is 9.89. The first-order valence-corrected chi connectivity index (χ1v) is 2.93. The molecule has 0 amide bonds. The standard InChI is InChI=1S/C4H9NOS/c1-2-4(3-5)7-6/h4H,1-3,5H2/q+1. The second-order valence-corrected chi connectivity index (χ2v) is 2.10. The summed E-state index contributed by atoms with van der Waals surface area (Å²) < 4.78 is 9.89. The van der Waals surface area contributed by atoms with Crippen molar-refractivity contribution in [3.63, 3.8) is 0 Å². The van der Waals surface area contributed by atoms with Crippen molar-refractivity contribution < 1.29 is 4.21 Å². The van der Waals surface area contributed by atoms with E-state index in [9.17, 15) is 4.21 Å². The van der Waals surface area contributed by atoms with Crippen molar-refractivity contribution in [2.75, 3.05) is 6.54 Å². The molecule has 0 rings (SSSR count). The Kier molecular flexibility index (Phi) is 4.14.